The van der Waals surface area contributed by atoms with Crippen molar-refractivity contribution in [1.82, 2.24) is 4.31 Å². The van der Waals surface area contributed by atoms with Crippen molar-refractivity contribution < 1.29 is 8.42 Å². The minimum Gasteiger partial charge on any atom is -0.399 e. The van der Waals surface area contributed by atoms with Crippen LogP contribution in [0.2, 0.25) is 0 Å². The largest absolute Gasteiger partial charge is 0.399 e. The van der Waals surface area contributed by atoms with Crippen molar-refractivity contribution in [2.75, 3.05) is 29.7 Å². The van der Waals surface area contributed by atoms with Gasteiger partial charge in [-0.3, -0.25) is 4.31 Å². The Morgan fingerprint density at radius 2 is 1.90 bits per heavy atom. The molecule has 0 aromatic heterocycles. The van der Waals surface area contributed by atoms with E-state index in [1.165, 1.54) is 4.31 Å². The molecule has 1 fully saturated rings. The Bertz CT molecular complexity index is 607. The minimum absolute atomic E-state index is 0.521. The van der Waals surface area contributed by atoms with Crippen LogP contribution < -0.4 is 10.0 Å². The highest BCUT2D eigenvalue weighted by molar-refractivity contribution is 7.90. The highest BCUT2D eigenvalue weighted by Crippen LogP contribution is 2.33. The predicted molar refractivity (Wildman–Crippen MR) is 80.8 cm³/mol. The van der Waals surface area contributed by atoms with Crippen LogP contribution in [-0.2, 0) is 16.6 Å². The summed E-state index contributed by atoms with van der Waals surface area (Å²) in [5.74, 6) is 0.618. The molecular weight excluding hydrogens is 274 g/mol. The average molecular weight is 295 g/mol. The van der Waals surface area contributed by atoms with Crippen LogP contribution in [0, 0.1) is 5.92 Å². The first kappa shape index (κ1) is 13.7. The van der Waals surface area contributed by atoms with E-state index in [2.05, 4.69) is 6.92 Å². The van der Waals surface area contributed by atoms with Crippen LogP contribution in [0.15, 0.2) is 18.2 Å². The summed E-state index contributed by atoms with van der Waals surface area (Å²) in [6, 6.07) is 5.47. The molecule has 0 amide bonds. The number of nitrogens with two attached hydrogens (primary N) is 1. The molecule has 1 saturated heterocycles. The Morgan fingerprint density at radius 3 is 2.60 bits per heavy atom. The Balaban J connectivity index is 1.87. The first-order valence-electron chi connectivity index (χ1n) is 7.14. The van der Waals surface area contributed by atoms with Crippen LogP contribution in [0.25, 0.3) is 0 Å². The molecular formula is C14H21N3O2S. The lowest BCUT2D eigenvalue weighted by Gasteiger charge is -2.33. The lowest BCUT2D eigenvalue weighted by atomic mass is 10.0. The number of rotatable bonds is 2. The molecule has 0 bridgehead atoms. The SMILES string of the molecule is CC1CCN(S(=O)(=O)N2CCc3cc(N)ccc32)CC1. The summed E-state index contributed by atoms with van der Waals surface area (Å²) < 4.78 is 28.7. The second-order valence-corrected chi connectivity index (χ2v) is 7.65. The summed E-state index contributed by atoms with van der Waals surface area (Å²) in [7, 11) is -3.39. The van der Waals surface area contributed by atoms with E-state index in [-0.39, 0.29) is 0 Å². The zero-order valence-corrected chi connectivity index (χ0v) is 12.6. The van der Waals surface area contributed by atoms with Gasteiger partial charge in [0.15, 0.2) is 0 Å². The standard InChI is InChI=1S/C14H21N3O2S/c1-11-4-7-16(8-5-11)20(18,19)17-9-6-12-10-13(15)2-3-14(12)17/h2-3,10-11H,4-9,15H2,1H3. The van der Waals surface area contributed by atoms with Gasteiger partial charge >= 0.3 is 10.2 Å². The Hall–Kier alpha value is -1.27. The van der Waals surface area contributed by atoms with Crippen LogP contribution in [0.3, 0.4) is 0 Å². The van der Waals surface area contributed by atoms with E-state index in [0.29, 0.717) is 31.2 Å². The van der Waals surface area contributed by atoms with Gasteiger partial charge in [0.1, 0.15) is 0 Å². The quantitative estimate of drug-likeness (QED) is 0.843. The summed E-state index contributed by atoms with van der Waals surface area (Å²) in [4.78, 5) is 0. The molecule has 2 aliphatic rings. The number of fused-ring (bicyclic) bond motifs is 1. The molecule has 0 saturated carbocycles. The monoisotopic (exact) mass is 295 g/mol. The summed E-state index contributed by atoms with van der Waals surface area (Å²) in [6.07, 6.45) is 2.63. The number of nitrogen functional groups attached to an aromatic ring is 1. The van der Waals surface area contributed by atoms with Gasteiger partial charge < -0.3 is 5.73 Å². The van der Waals surface area contributed by atoms with E-state index in [4.69, 9.17) is 5.73 Å². The number of anilines is 2. The van der Waals surface area contributed by atoms with Crippen LogP contribution in [0.5, 0.6) is 0 Å². The maximum absolute atomic E-state index is 12.8. The lowest BCUT2D eigenvalue weighted by molar-refractivity contribution is 0.287. The smallest absolute Gasteiger partial charge is 0.304 e. The van der Waals surface area contributed by atoms with Gasteiger partial charge in [-0.15, -0.1) is 0 Å². The molecule has 1 aromatic rings. The van der Waals surface area contributed by atoms with Gasteiger partial charge in [0.25, 0.3) is 0 Å². The number of benzene rings is 1. The number of nitrogens with zero attached hydrogens (tertiary/aromatic N) is 2. The molecule has 2 N–H and O–H groups in total. The molecule has 0 unspecified atom stereocenters. The molecule has 110 valence electrons. The predicted octanol–water partition coefficient (Wildman–Crippen LogP) is 1.61. The summed E-state index contributed by atoms with van der Waals surface area (Å²) in [5.41, 5.74) is 8.27. The third-order valence-corrected chi connectivity index (χ3v) is 6.26. The maximum Gasteiger partial charge on any atom is 0.304 e. The number of piperidine rings is 1. The first-order valence-corrected chi connectivity index (χ1v) is 8.54. The van der Waals surface area contributed by atoms with Crippen molar-refractivity contribution in [3.63, 3.8) is 0 Å². The summed E-state index contributed by atoms with van der Waals surface area (Å²) >= 11 is 0. The van der Waals surface area contributed by atoms with Crippen molar-refractivity contribution in [1.29, 1.82) is 0 Å². The van der Waals surface area contributed by atoms with E-state index in [9.17, 15) is 8.42 Å². The molecule has 6 heteroatoms. The van der Waals surface area contributed by atoms with Crippen LogP contribution in [0.4, 0.5) is 11.4 Å². The molecule has 3 rings (SSSR count). The van der Waals surface area contributed by atoms with Gasteiger partial charge in [0, 0.05) is 25.3 Å². The highest BCUT2D eigenvalue weighted by atomic mass is 32.2. The molecule has 20 heavy (non-hydrogen) atoms. The Kier molecular flexibility index (Phi) is 3.38. The molecule has 1 aromatic carbocycles. The number of hydrogen-bond acceptors (Lipinski definition) is 3. The highest BCUT2D eigenvalue weighted by Gasteiger charge is 2.35. The third kappa shape index (κ3) is 2.27. The molecule has 0 radical (unpaired) electrons. The second-order valence-electron chi connectivity index (χ2n) is 5.80. The fraction of sp³-hybridized carbons (Fsp3) is 0.571. The zero-order valence-electron chi connectivity index (χ0n) is 11.7. The Morgan fingerprint density at radius 1 is 1.20 bits per heavy atom. The normalized spacial score (nSPS) is 21.1. The Labute approximate surface area is 120 Å². The zero-order chi connectivity index (χ0) is 14.3. The molecule has 2 aliphatic heterocycles. The van der Waals surface area contributed by atoms with Gasteiger partial charge in [-0.2, -0.15) is 12.7 Å². The van der Waals surface area contributed by atoms with Gasteiger partial charge in [-0.25, -0.2) is 0 Å². The van der Waals surface area contributed by atoms with Crippen LogP contribution in [0.1, 0.15) is 25.3 Å². The van der Waals surface area contributed by atoms with Crippen molar-refractivity contribution in [3.8, 4) is 0 Å². The summed E-state index contributed by atoms with van der Waals surface area (Å²) in [5, 5.41) is 0. The lowest BCUT2D eigenvalue weighted by Crippen LogP contribution is -2.46. The van der Waals surface area contributed by atoms with E-state index >= 15 is 0 Å². The van der Waals surface area contributed by atoms with Gasteiger partial charge in [-0.05, 0) is 48.9 Å². The van der Waals surface area contributed by atoms with Gasteiger partial charge in [-0.1, -0.05) is 6.92 Å². The van der Waals surface area contributed by atoms with E-state index in [0.717, 1.165) is 30.5 Å². The van der Waals surface area contributed by atoms with E-state index < -0.39 is 10.2 Å². The van der Waals surface area contributed by atoms with Crippen LogP contribution in [-0.4, -0.2) is 32.4 Å². The molecule has 0 atom stereocenters. The van der Waals surface area contributed by atoms with Crippen molar-refractivity contribution in [2.24, 2.45) is 5.92 Å². The minimum atomic E-state index is -3.39. The molecule has 2 heterocycles. The third-order valence-electron chi connectivity index (χ3n) is 4.30. The molecule has 0 spiro atoms. The topological polar surface area (TPSA) is 66.6 Å². The first-order chi connectivity index (χ1) is 9.48. The average Bonchev–Trinajstić information content (AvgIpc) is 2.82. The molecule has 5 nitrogen and oxygen atoms in total. The van der Waals surface area contributed by atoms with Gasteiger partial charge in [0.05, 0.1) is 5.69 Å². The van der Waals surface area contributed by atoms with Crippen molar-refractivity contribution >= 4 is 21.6 Å². The second kappa shape index (κ2) is 4.93. The van der Waals surface area contributed by atoms with Crippen molar-refractivity contribution in [3.05, 3.63) is 23.8 Å². The van der Waals surface area contributed by atoms with Crippen molar-refractivity contribution in [2.45, 2.75) is 26.2 Å². The fourth-order valence-electron chi connectivity index (χ4n) is 2.99. The maximum atomic E-state index is 12.8. The van der Waals surface area contributed by atoms with E-state index in [1.54, 1.807) is 10.4 Å². The van der Waals surface area contributed by atoms with E-state index in [1.807, 2.05) is 12.1 Å². The van der Waals surface area contributed by atoms with Crippen LogP contribution >= 0.6 is 0 Å². The molecule has 0 aliphatic carbocycles. The number of hydrogen-bond donors (Lipinski definition) is 1. The van der Waals surface area contributed by atoms with Gasteiger partial charge in [0.2, 0.25) is 0 Å². The summed E-state index contributed by atoms with van der Waals surface area (Å²) in [6.45, 7) is 3.96. The fourth-order valence-corrected chi connectivity index (χ4v) is 4.69.